The van der Waals surface area contributed by atoms with E-state index in [0.717, 1.165) is 18.9 Å². The average Bonchev–Trinajstić information content (AvgIpc) is 3.03. The van der Waals surface area contributed by atoms with E-state index in [9.17, 15) is 13.6 Å². The van der Waals surface area contributed by atoms with E-state index in [1.165, 1.54) is 12.1 Å². The normalized spacial score (nSPS) is 16.9. The van der Waals surface area contributed by atoms with Crippen LogP contribution in [0, 0.1) is 17.6 Å². The molecular weight excluding hydrogens is 216 g/mol. The molecule has 0 heterocycles. The Morgan fingerprint density at radius 1 is 1.44 bits per heavy atom. The molecule has 0 radical (unpaired) electrons. The van der Waals surface area contributed by atoms with Crippen LogP contribution in [0.5, 0.6) is 0 Å². The van der Waals surface area contributed by atoms with Crippen molar-refractivity contribution in [3.63, 3.8) is 0 Å². The summed E-state index contributed by atoms with van der Waals surface area (Å²) < 4.78 is 26.2. The molecule has 0 aromatic heterocycles. The van der Waals surface area contributed by atoms with Crippen LogP contribution in [-0.2, 0) is 4.79 Å². The van der Waals surface area contributed by atoms with Crippen LogP contribution < -0.4 is 5.32 Å². The Morgan fingerprint density at radius 2 is 2.12 bits per heavy atom. The number of rotatable bonds is 4. The Morgan fingerprint density at radius 3 is 2.69 bits per heavy atom. The van der Waals surface area contributed by atoms with Crippen LogP contribution in [0.25, 0.3) is 0 Å². The minimum atomic E-state index is -1.04. The minimum Gasteiger partial charge on any atom is -0.480 e. The number of aliphatic carboxylic acids is 1. The van der Waals surface area contributed by atoms with Gasteiger partial charge in [-0.2, -0.15) is 0 Å². The molecule has 2 rings (SSSR count). The third kappa shape index (κ3) is 2.13. The zero-order valence-corrected chi connectivity index (χ0v) is 8.41. The van der Waals surface area contributed by atoms with Crippen molar-refractivity contribution >= 4 is 11.7 Å². The average molecular weight is 227 g/mol. The van der Waals surface area contributed by atoms with Crippen LogP contribution in [0.3, 0.4) is 0 Å². The topological polar surface area (TPSA) is 49.3 Å². The SMILES string of the molecule is O=C(O)C(Nc1cccc(F)c1F)C1CC1. The van der Waals surface area contributed by atoms with Gasteiger partial charge in [-0.05, 0) is 30.9 Å². The predicted molar refractivity (Wildman–Crippen MR) is 54.1 cm³/mol. The third-order valence-corrected chi connectivity index (χ3v) is 2.62. The van der Waals surface area contributed by atoms with Crippen LogP contribution >= 0.6 is 0 Å². The first-order chi connectivity index (χ1) is 7.59. The van der Waals surface area contributed by atoms with Gasteiger partial charge in [-0.1, -0.05) is 6.07 Å². The van der Waals surface area contributed by atoms with E-state index in [-0.39, 0.29) is 11.6 Å². The van der Waals surface area contributed by atoms with Gasteiger partial charge in [-0.3, -0.25) is 0 Å². The molecular formula is C11H11F2NO2. The van der Waals surface area contributed by atoms with Crippen molar-refractivity contribution in [1.29, 1.82) is 0 Å². The van der Waals surface area contributed by atoms with Gasteiger partial charge in [0.05, 0.1) is 5.69 Å². The lowest BCUT2D eigenvalue weighted by Crippen LogP contribution is -2.31. The van der Waals surface area contributed by atoms with Crippen molar-refractivity contribution in [2.75, 3.05) is 5.32 Å². The first kappa shape index (κ1) is 10.9. The Hall–Kier alpha value is -1.65. The summed E-state index contributed by atoms with van der Waals surface area (Å²) in [5.41, 5.74) is -0.0979. The van der Waals surface area contributed by atoms with Crippen LogP contribution in [-0.4, -0.2) is 17.1 Å². The number of carboxylic acid groups (broad SMARTS) is 1. The molecule has 1 unspecified atom stereocenters. The van der Waals surface area contributed by atoms with Crippen LogP contribution in [0.2, 0.25) is 0 Å². The lowest BCUT2D eigenvalue weighted by molar-refractivity contribution is -0.138. The molecule has 0 amide bonds. The highest BCUT2D eigenvalue weighted by Gasteiger charge is 2.36. The fourth-order valence-electron chi connectivity index (χ4n) is 1.59. The molecule has 1 saturated carbocycles. The minimum absolute atomic E-state index is 0.0140. The molecule has 0 bridgehead atoms. The van der Waals surface area contributed by atoms with Crippen LogP contribution in [0.4, 0.5) is 14.5 Å². The van der Waals surface area contributed by atoms with Gasteiger partial charge >= 0.3 is 5.97 Å². The zero-order valence-electron chi connectivity index (χ0n) is 8.41. The smallest absolute Gasteiger partial charge is 0.326 e. The first-order valence-corrected chi connectivity index (χ1v) is 5.03. The second-order valence-corrected chi connectivity index (χ2v) is 3.90. The molecule has 1 aliphatic rings. The molecule has 2 N–H and O–H groups in total. The quantitative estimate of drug-likeness (QED) is 0.829. The monoisotopic (exact) mass is 227 g/mol. The van der Waals surface area contributed by atoms with Gasteiger partial charge in [0.2, 0.25) is 0 Å². The lowest BCUT2D eigenvalue weighted by atomic mass is 10.1. The second kappa shape index (κ2) is 4.08. The van der Waals surface area contributed by atoms with Gasteiger partial charge in [0, 0.05) is 0 Å². The maximum Gasteiger partial charge on any atom is 0.326 e. The number of hydrogen-bond acceptors (Lipinski definition) is 2. The van der Waals surface area contributed by atoms with E-state index in [1.54, 1.807) is 0 Å². The predicted octanol–water partition coefficient (Wildman–Crippen LogP) is 2.24. The molecule has 0 aliphatic heterocycles. The summed E-state index contributed by atoms with van der Waals surface area (Å²) in [5.74, 6) is -3.04. The highest BCUT2D eigenvalue weighted by atomic mass is 19.2. The summed E-state index contributed by atoms with van der Waals surface area (Å²) in [5, 5.41) is 11.5. The highest BCUT2D eigenvalue weighted by Crippen LogP contribution is 2.34. The van der Waals surface area contributed by atoms with Crippen LogP contribution in [0.1, 0.15) is 12.8 Å². The van der Waals surface area contributed by atoms with Gasteiger partial charge < -0.3 is 10.4 Å². The molecule has 16 heavy (non-hydrogen) atoms. The van der Waals surface area contributed by atoms with E-state index in [4.69, 9.17) is 5.11 Å². The summed E-state index contributed by atoms with van der Waals surface area (Å²) in [6.45, 7) is 0. The molecule has 1 fully saturated rings. The molecule has 5 heteroatoms. The van der Waals surface area contributed by atoms with E-state index in [1.807, 2.05) is 0 Å². The van der Waals surface area contributed by atoms with Crippen molar-refractivity contribution in [2.24, 2.45) is 5.92 Å². The number of hydrogen-bond donors (Lipinski definition) is 2. The van der Waals surface area contributed by atoms with Crippen molar-refractivity contribution in [3.8, 4) is 0 Å². The third-order valence-electron chi connectivity index (χ3n) is 2.62. The molecule has 0 saturated heterocycles. The summed E-state index contributed by atoms with van der Waals surface area (Å²) in [6.07, 6.45) is 1.61. The highest BCUT2D eigenvalue weighted by molar-refractivity contribution is 5.78. The van der Waals surface area contributed by atoms with E-state index in [2.05, 4.69) is 5.32 Å². The second-order valence-electron chi connectivity index (χ2n) is 3.90. The Balaban J connectivity index is 2.18. The maximum absolute atomic E-state index is 13.3. The molecule has 1 aromatic rings. The van der Waals surface area contributed by atoms with Gasteiger partial charge in [0.1, 0.15) is 6.04 Å². The largest absolute Gasteiger partial charge is 0.480 e. The number of carboxylic acids is 1. The lowest BCUT2D eigenvalue weighted by Gasteiger charge is -2.15. The van der Waals surface area contributed by atoms with Crippen molar-refractivity contribution in [3.05, 3.63) is 29.8 Å². The molecule has 0 spiro atoms. The number of halogens is 2. The molecule has 3 nitrogen and oxygen atoms in total. The summed E-state index contributed by atoms with van der Waals surface area (Å²) in [7, 11) is 0. The van der Waals surface area contributed by atoms with Crippen molar-refractivity contribution in [2.45, 2.75) is 18.9 Å². The number of benzene rings is 1. The maximum atomic E-state index is 13.3. The summed E-state index contributed by atoms with van der Waals surface area (Å²) >= 11 is 0. The Bertz CT molecular complexity index is 418. The van der Waals surface area contributed by atoms with Crippen molar-refractivity contribution < 1.29 is 18.7 Å². The fourth-order valence-corrected chi connectivity index (χ4v) is 1.59. The van der Waals surface area contributed by atoms with Gasteiger partial charge in [0.15, 0.2) is 11.6 Å². The molecule has 1 aromatic carbocycles. The Labute approximate surface area is 91.1 Å². The molecule has 86 valence electrons. The molecule has 1 aliphatic carbocycles. The first-order valence-electron chi connectivity index (χ1n) is 5.03. The van der Waals surface area contributed by atoms with E-state index >= 15 is 0 Å². The van der Waals surface area contributed by atoms with Gasteiger partial charge in [-0.15, -0.1) is 0 Å². The number of nitrogens with one attached hydrogen (secondary N) is 1. The number of carbonyl (C=O) groups is 1. The standard InChI is InChI=1S/C11H11F2NO2/c12-7-2-1-3-8(9(7)13)14-10(11(15)16)6-4-5-6/h1-3,6,10,14H,4-5H2,(H,15,16). The van der Waals surface area contributed by atoms with Crippen LogP contribution in [0.15, 0.2) is 18.2 Å². The summed E-state index contributed by atoms with van der Waals surface area (Å²) in [4.78, 5) is 10.9. The summed E-state index contributed by atoms with van der Waals surface area (Å²) in [6, 6.07) is 2.83. The van der Waals surface area contributed by atoms with E-state index in [0.29, 0.717) is 0 Å². The Kier molecular flexibility index (Phi) is 2.77. The number of anilines is 1. The fraction of sp³-hybridized carbons (Fsp3) is 0.364. The van der Waals surface area contributed by atoms with Gasteiger partial charge in [0.25, 0.3) is 0 Å². The molecule has 1 atom stereocenters. The van der Waals surface area contributed by atoms with Crippen molar-refractivity contribution in [1.82, 2.24) is 0 Å². The zero-order chi connectivity index (χ0) is 11.7. The van der Waals surface area contributed by atoms with E-state index < -0.39 is 23.6 Å². The van der Waals surface area contributed by atoms with Gasteiger partial charge in [-0.25, -0.2) is 13.6 Å².